The van der Waals surface area contributed by atoms with E-state index in [1.807, 2.05) is 35.2 Å². The summed E-state index contributed by atoms with van der Waals surface area (Å²) in [7, 11) is 0. The van der Waals surface area contributed by atoms with E-state index < -0.39 is 0 Å². The molecule has 0 bridgehead atoms. The van der Waals surface area contributed by atoms with E-state index in [0.717, 1.165) is 59.6 Å². The van der Waals surface area contributed by atoms with E-state index in [4.69, 9.17) is 5.73 Å². The third-order valence-corrected chi connectivity index (χ3v) is 7.80. The van der Waals surface area contributed by atoms with Crippen LogP contribution in [0.5, 0.6) is 0 Å². The molecule has 2 saturated heterocycles. The molecule has 40 heavy (non-hydrogen) atoms. The predicted octanol–water partition coefficient (Wildman–Crippen LogP) is 2.09. The number of nitrogens with zero attached hydrogens (tertiary/aromatic N) is 6. The molecule has 4 aromatic rings. The number of hydrogen-bond acceptors (Lipinski definition) is 8. The fraction of sp³-hybridized carbons (Fsp3) is 0.345. The normalized spacial score (nSPS) is 17.9. The van der Waals surface area contributed by atoms with Gasteiger partial charge in [0, 0.05) is 74.0 Å². The highest BCUT2D eigenvalue weighted by Gasteiger charge is 2.31. The van der Waals surface area contributed by atoms with Crippen molar-refractivity contribution in [2.45, 2.75) is 13.0 Å². The van der Waals surface area contributed by atoms with Gasteiger partial charge in [0.1, 0.15) is 0 Å². The maximum absolute atomic E-state index is 13.1. The van der Waals surface area contributed by atoms with Crippen LogP contribution in [-0.2, 0) is 16.1 Å². The van der Waals surface area contributed by atoms with Gasteiger partial charge in [-0.05, 0) is 61.5 Å². The zero-order chi connectivity index (χ0) is 27.5. The van der Waals surface area contributed by atoms with Crippen molar-refractivity contribution in [2.24, 2.45) is 11.7 Å². The Bertz CT molecular complexity index is 1480. The van der Waals surface area contributed by atoms with Crippen molar-refractivity contribution in [1.82, 2.24) is 30.0 Å². The molecule has 0 spiro atoms. The average molecular weight is 540 g/mol. The molecule has 11 heteroatoms. The Morgan fingerprint density at radius 3 is 2.52 bits per heavy atom. The molecule has 0 unspecified atom stereocenters. The maximum Gasteiger partial charge on any atom is 0.236 e. The second kappa shape index (κ2) is 11.4. The Labute approximate surface area is 232 Å². The monoisotopic (exact) mass is 539 g/mol. The molecule has 4 heterocycles. The number of H-pyrrole nitrogens is 1. The third kappa shape index (κ3) is 5.51. The molecular weight excluding hydrogens is 506 g/mol. The van der Waals surface area contributed by atoms with Crippen molar-refractivity contribution < 1.29 is 9.59 Å². The standard InChI is InChI=1S/C29H33N9O2/c30-17-26-24-16-22(4-7-25(24)34-35-26)33-29(40)21-8-11-36(18-21)19-27(39)38-14-12-37(13-15-38)23-5-2-20(3-6-23)28-31-9-1-10-32-28/h1-7,9-10,16,21H,8,11-15,17-19,30H2,(H,33,40)(H,34,35)/t21-/m1/s1. The second-order valence-electron chi connectivity index (χ2n) is 10.3. The number of aromatic amines is 1. The number of fused-ring (bicyclic) bond motifs is 1. The Hall–Kier alpha value is -4.35. The lowest BCUT2D eigenvalue weighted by molar-refractivity contribution is -0.132. The molecule has 2 aromatic carbocycles. The fourth-order valence-electron chi connectivity index (χ4n) is 5.51. The SMILES string of the molecule is NCc1[nH]nc2ccc(NC(=O)[C@@H]3CCN(CC(=O)N4CCN(c5ccc(-c6ncccn6)cc5)CC4)C3)cc12. The minimum Gasteiger partial charge on any atom is -0.368 e. The molecule has 2 amide bonds. The molecule has 11 nitrogen and oxygen atoms in total. The van der Waals surface area contributed by atoms with Crippen molar-refractivity contribution in [3.63, 3.8) is 0 Å². The van der Waals surface area contributed by atoms with Crippen molar-refractivity contribution in [3.8, 4) is 11.4 Å². The number of nitrogens with two attached hydrogens (primary N) is 1. The maximum atomic E-state index is 13.1. The number of anilines is 2. The third-order valence-electron chi connectivity index (χ3n) is 7.80. The van der Waals surface area contributed by atoms with Crippen LogP contribution in [0.3, 0.4) is 0 Å². The van der Waals surface area contributed by atoms with E-state index in [1.165, 1.54) is 0 Å². The Morgan fingerprint density at radius 1 is 1.00 bits per heavy atom. The number of hydrogen-bond donors (Lipinski definition) is 3. The van der Waals surface area contributed by atoms with Gasteiger partial charge >= 0.3 is 0 Å². The van der Waals surface area contributed by atoms with Crippen LogP contribution in [0.2, 0.25) is 0 Å². The number of benzene rings is 2. The molecule has 0 saturated carbocycles. The van der Waals surface area contributed by atoms with Crippen LogP contribution in [0.25, 0.3) is 22.3 Å². The number of carbonyl (C=O) groups is 2. The number of amides is 2. The van der Waals surface area contributed by atoms with Crippen LogP contribution < -0.4 is 16.0 Å². The first-order valence-electron chi connectivity index (χ1n) is 13.7. The van der Waals surface area contributed by atoms with Crippen molar-refractivity contribution in [3.05, 3.63) is 66.6 Å². The van der Waals surface area contributed by atoms with Crippen molar-refractivity contribution >= 4 is 34.1 Å². The summed E-state index contributed by atoms with van der Waals surface area (Å²) in [6.07, 6.45) is 4.22. The van der Waals surface area contributed by atoms with Gasteiger partial charge in [0.15, 0.2) is 5.82 Å². The summed E-state index contributed by atoms with van der Waals surface area (Å²) in [6, 6.07) is 15.7. The van der Waals surface area contributed by atoms with E-state index in [-0.39, 0.29) is 17.7 Å². The van der Waals surface area contributed by atoms with Gasteiger partial charge < -0.3 is 20.9 Å². The van der Waals surface area contributed by atoms with E-state index in [1.54, 1.807) is 18.5 Å². The van der Waals surface area contributed by atoms with Gasteiger partial charge in [0.25, 0.3) is 0 Å². The van der Waals surface area contributed by atoms with Gasteiger partial charge in [-0.3, -0.25) is 19.6 Å². The highest BCUT2D eigenvalue weighted by Crippen LogP contribution is 2.24. The number of carbonyl (C=O) groups excluding carboxylic acids is 2. The lowest BCUT2D eigenvalue weighted by Crippen LogP contribution is -2.51. The Balaban J connectivity index is 0.970. The van der Waals surface area contributed by atoms with Crippen LogP contribution in [0, 0.1) is 5.92 Å². The molecule has 2 aliphatic heterocycles. The van der Waals surface area contributed by atoms with E-state index in [9.17, 15) is 9.59 Å². The van der Waals surface area contributed by atoms with Crippen LogP contribution in [0.4, 0.5) is 11.4 Å². The number of aromatic nitrogens is 4. The fourth-order valence-corrected chi connectivity index (χ4v) is 5.51. The summed E-state index contributed by atoms with van der Waals surface area (Å²) in [4.78, 5) is 41.0. The Morgan fingerprint density at radius 2 is 1.77 bits per heavy atom. The summed E-state index contributed by atoms with van der Waals surface area (Å²) in [5.41, 5.74) is 10.3. The zero-order valence-electron chi connectivity index (χ0n) is 22.3. The van der Waals surface area contributed by atoms with Crippen molar-refractivity contribution in [2.75, 3.05) is 56.0 Å². The molecule has 2 aromatic heterocycles. The summed E-state index contributed by atoms with van der Waals surface area (Å²) < 4.78 is 0. The molecule has 2 aliphatic rings. The zero-order valence-corrected chi connectivity index (χ0v) is 22.3. The summed E-state index contributed by atoms with van der Waals surface area (Å²) in [5.74, 6) is 0.661. The topological polar surface area (TPSA) is 136 Å². The average Bonchev–Trinajstić information content (AvgIpc) is 3.64. The minimum atomic E-state index is -0.150. The number of piperazine rings is 1. The number of nitrogens with one attached hydrogen (secondary N) is 2. The first-order chi connectivity index (χ1) is 19.6. The van der Waals surface area contributed by atoms with Crippen LogP contribution >= 0.6 is 0 Å². The second-order valence-corrected chi connectivity index (χ2v) is 10.3. The first kappa shape index (κ1) is 25.9. The van der Waals surface area contributed by atoms with Crippen LogP contribution in [0.1, 0.15) is 12.1 Å². The summed E-state index contributed by atoms with van der Waals surface area (Å²) in [6.45, 7) is 4.94. The molecule has 4 N–H and O–H groups in total. The van der Waals surface area contributed by atoms with E-state index in [2.05, 4.69) is 47.4 Å². The molecule has 6 rings (SSSR count). The summed E-state index contributed by atoms with van der Waals surface area (Å²) in [5, 5.41) is 11.1. The molecule has 0 radical (unpaired) electrons. The lowest BCUT2D eigenvalue weighted by atomic mass is 10.1. The first-order valence-corrected chi connectivity index (χ1v) is 13.7. The predicted molar refractivity (Wildman–Crippen MR) is 153 cm³/mol. The van der Waals surface area contributed by atoms with Gasteiger partial charge in [-0.2, -0.15) is 5.10 Å². The Kier molecular flexibility index (Phi) is 7.39. The highest BCUT2D eigenvalue weighted by atomic mass is 16.2. The molecule has 0 aliphatic carbocycles. The molecule has 1 atom stereocenters. The van der Waals surface area contributed by atoms with Crippen molar-refractivity contribution in [1.29, 1.82) is 0 Å². The smallest absolute Gasteiger partial charge is 0.236 e. The highest BCUT2D eigenvalue weighted by molar-refractivity contribution is 5.95. The molecule has 2 fully saturated rings. The largest absolute Gasteiger partial charge is 0.368 e. The quantitative estimate of drug-likeness (QED) is 0.325. The van der Waals surface area contributed by atoms with Gasteiger partial charge in [0.2, 0.25) is 11.8 Å². The molecule has 206 valence electrons. The van der Waals surface area contributed by atoms with E-state index in [0.29, 0.717) is 38.5 Å². The van der Waals surface area contributed by atoms with Crippen LogP contribution in [-0.4, -0.2) is 87.6 Å². The lowest BCUT2D eigenvalue weighted by Gasteiger charge is -2.36. The van der Waals surface area contributed by atoms with Crippen LogP contribution in [0.15, 0.2) is 60.9 Å². The van der Waals surface area contributed by atoms with Gasteiger partial charge in [-0.15, -0.1) is 0 Å². The number of likely N-dealkylation sites (tertiary alicyclic amines) is 1. The van der Waals surface area contributed by atoms with Gasteiger partial charge in [-0.1, -0.05) is 0 Å². The molecular formula is C29H33N9O2. The van der Waals surface area contributed by atoms with Gasteiger partial charge in [0.05, 0.1) is 23.7 Å². The van der Waals surface area contributed by atoms with E-state index >= 15 is 0 Å². The number of rotatable bonds is 7. The van der Waals surface area contributed by atoms with Gasteiger partial charge in [-0.25, -0.2) is 9.97 Å². The minimum absolute atomic E-state index is 0.0226. The summed E-state index contributed by atoms with van der Waals surface area (Å²) >= 11 is 0.